The van der Waals surface area contributed by atoms with Gasteiger partial charge in [0, 0.05) is 17.8 Å². The average molecular weight is 739 g/mol. The molecular weight excluding hydrogens is 676 g/mol. The van der Waals surface area contributed by atoms with Gasteiger partial charge in [-0.25, -0.2) is 0 Å². The first-order chi connectivity index (χ1) is 24.6. The molecule has 0 aromatic heterocycles. The van der Waals surface area contributed by atoms with E-state index in [1.165, 1.54) is 12.5 Å². The lowest BCUT2D eigenvalue weighted by atomic mass is 9.46. The van der Waals surface area contributed by atoms with Gasteiger partial charge in [0.25, 0.3) is 0 Å². The molecule has 296 valence electrons. The highest BCUT2D eigenvalue weighted by Gasteiger charge is 2.76. The van der Waals surface area contributed by atoms with Crippen molar-refractivity contribution >= 4 is 0 Å². The molecule has 13 heteroatoms. The van der Waals surface area contributed by atoms with Crippen molar-refractivity contribution in [2.24, 2.45) is 40.4 Å². The third-order valence-corrected chi connectivity index (χ3v) is 15.8. The fourth-order valence-electron chi connectivity index (χ4n) is 12.5. The Hall–Kier alpha value is -0.780. The van der Waals surface area contributed by atoms with E-state index >= 15 is 0 Å². The fraction of sp³-hybridized carbons (Fsp3) is 0.949. The second-order valence-corrected chi connectivity index (χ2v) is 18.4. The van der Waals surface area contributed by atoms with E-state index in [0.29, 0.717) is 43.1 Å². The van der Waals surface area contributed by atoms with Crippen molar-refractivity contribution < 1.29 is 64.2 Å². The summed E-state index contributed by atoms with van der Waals surface area (Å²) in [5, 5.41) is 75.6. The summed E-state index contributed by atoms with van der Waals surface area (Å²) in [6.07, 6.45) is -3.83. The molecule has 52 heavy (non-hydrogen) atoms. The second-order valence-electron chi connectivity index (χ2n) is 18.4. The largest absolute Gasteiger partial charge is 0.394 e. The highest BCUT2D eigenvalue weighted by Crippen LogP contribution is 2.72. The Morgan fingerprint density at radius 1 is 0.827 bits per heavy atom. The zero-order valence-electron chi connectivity index (χ0n) is 31.3. The van der Waals surface area contributed by atoms with Crippen LogP contribution in [0.15, 0.2) is 11.6 Å². The van der Waals surface area contributed by atoms with Crippen LogP contribution in [0.5, 0.6) is 0 Å². The molecule has 0 amide bonds. The molecular formula is C39H62O13. The maximum atomic E-state index is 12.7. The van der Waals surface area contributed by atoms with E-state index in [1.807, 2.05) is 0 Å². The van der Waals surface area contributed by atoms with E-state index in [2.05, 4.69) is 33.8 Å². The standard InChI is InChI=1S/C39H62O13/c1-18-8-13-38(47-17-18)20(3)39(46)27(52-38)15-25-23-7-6-21-14-22(9-11-36(21,4)24(23)10-12-37(25,39)5)49-35-33(31(44)29(42)26(16-40)50-35)51-34-32(45)30(43)28(41)19(2)48-34/h6,18-20,22-35,40-46H,7-17H2,1-5H3/t18-,19+,20-,22+,23-,24+,25+,26-,27-,28+,29-,30-,31+,32-,33-,34+,35-,36+,37+,38+,39-/m1/s1. The van der Waals surface area contributed by atoms with Gasteiger partial charge in [0.1, 0.15) is 48.3 Å². The van der Waals surface area contributed by atoms with Gasteiger partial charge < -0.3 is 64.2 Å². The van der Waals surface area contributed by atoms with E-state index < -0.39 is 79.4 Å². The molecule has 8 aliphatic rings. The molecule has 3 saturated carbocycles. The van der Waals surface area contributed by atoms with Gasteiger partial charge in [-0.15, -0.1) is 0 Å². The Balaban J connectivity index is 0.977. The highest BCUT2D eigenvalue weighted by atomic mass is 16.8. The van der Waals surface area contributed by atoms with Crippen LogP contribution in [-0.4, -0.2) is 134 Å². The first kappa shape index (κ1) is 38.1. The summed E-state index contributed by atoms with van der Waals surface area (Å²) >= 11 is 0. The summed E-state index contributed by atoms with van der Waals surface area (Å²) in [7, 11) is 0. The van der Waals surface area contributed by atoms with Crippen LogP contribution in [0.1, 0.15) is 92.4 Å². The Labute approximate surface area is 306 Å². The van der Waals surface area contributed by atoms with Crippen LogP contribution in [0.25, 0.3) is 0 Å². The average Bonchev–Trinajstić information content (AvgIpc) is 3.48. The normalized spacial score (nSPS) is 58.9. The van der Waals surface area contributed by atoms with Crippen LogP contribution in [0, 0.1) is 40.4 Å². The molecule has 7 fully saturated rings. The summed E-state index contributed by atoms with van der Waals surface area (Å²) in [6, 6.07) is 0. The van der Waals surface area contributed by atoms with Gasteiger partial charge in [-0.2, -0.15) is 0 Å². The van der Waals surface area contributed by atoms with Gasteiger partial charge in [0.15, 0.2) is 18.4 Å². The van der Waals surface area contributed by atoms with E-state index in [-0.39, 0.29) is 29.0 Å². The third kappa shape index (κ3) is 5.50. The molecule has 0 aromatic rings. The molecule has 4 heterocycles. The first-order valence-corrected chi connectivity index (χ1v) is 19.9. The van der Waals surface area contributed by atoms with E-state index in [9.17, 15) is 35.7 Å². The lowest BCUT2D eigenvalue weighted by Gasteiger charge is -2.60. The Kier molecular flexibility index (Phi) is 9.83. The fourth-order valence-corrected chi connectivity index (χ4v) is 12.5. The SMILES string of the molecule is C[C@@H]1CC[C@]2(OC1)O[C@@H]1C[C@H]3[C@@H]4CC=C5C[C@@H](O[C@@H]6O[C@H](CO)[C@@H](O)[C@H](O)[C@H]6O[C@@H]6O[C@@H](C)[C@H](O)[C@@H](O)[C@H]6O)CC[C@]5(C)[C@H]4CC[C@]3(C)[C@@]1(O)[C@@H]2C. The van der Waals surface area contributed by atoms with Crippen molar-refractivity contribution in [3.63, 3.8) is 0 Å². The summed E-state index contributed by atoms with van der Waals surface area (Å²) in [5.41, 5.74) is 0.0981. The molecule has 21 atom stereocenters. The van der Waals surface area contributed by atoms with Gasteiger partial charge in [0.05, 0.1) is 31.5 Å². The number of aliphatic hydroxyl groups is 7. The maximum absolute atomic E-state index is 12.7. The minimum atomic E-state index is -1.62. The van der Waals surface area contributed by atoms with Crippen LogP contribution in [0.3, 0.4) is 0 Å². The predicted octanol–water partition coefficient (Wildman–Crippen LogP) is 1.50. The molecule has 4 saturated heterocycles. The summed E-state index contributed by atoms with van der Waals surface area (Å²) < 4.78 is 37.3. The highest BCUT2D eigenvalue weighted by molar-refractivity contribution is 5.29. The summed E-state index contributed by atoms with van der Waals surface area (Å²) in [5.74, 6) is 0.929. The molecule has 0 radical (unpaired) electrons. The Morgan fingerprint density at radius 3 is 2.31 bits per heavy atom. The zero-order chi connectivity index (χ0) is 37.1. The number of ether oxygens (including phenoxy) is 6. The summed E-state index contributed by atoms with van der Waals surface area (Å²) in [4.78, 5) is 0. The first-order valence-electron chi connectivity index (χ1n) is 19.9. The molecule has 7 N–H and O–H groups in total. The Morgan fingerprint density at radius 2 is 1.60 bits per heavy atom. The predicted molar refractivity (Wildman–Crippen MR) is 183 cm³/mol. The zero-order valence-corrected chi connectivity index (χ0v) is 31.3. The van der Waals surface area contributed by atoms with Crippen LogP contribution < -0.4 is 0 Å². The topological polar surface area (TPSA) is 197 Å². The smallest absolute Gasteiger partial charge is 0.187 e. The van der Waals surface area contributed by atoms with Gasteiger partial charge in [0.2, 0.25) is 0 Å². The molecule has 4 aliphatic heterocycles. The third-order valence-electron chi connectivity index (χ3n) is 15.8. The second kappa shape index (κ2) is 13.4. The van der Waals surface area contributed by atoms with Gasteiger partial charge in [-0.3, -0.25) is 0 Å². The molecule has 8 rings (SSSR count). The van der Waals surface area contributed by atoms with Crippen molar-refractivity contribution in [1.29, 1.82) is 0 Å². The van der Waals surface area contributed by atoms with Crippen LogP contribution >= 0.6 is 0 Å². The molecule has 4 aliphatic carbocycles. The number of rotatable bonds is 5. The van der Waals surface area contributed by atoms with Crippen LogP contribution in [-0.2, 0) is 28.4 Å². The molecule has 0 bridgehead atoms. The molecule has 0 aromatic carbocycles. The minimum absolute atomic E-state index is 0.0411. The number of aliphatic hydroxyl groups excluding tert-OH is 6. The minimum Gasteiger partial charge on any atom is -0.394 e. The number of hydrogen-bond acceptors (Lipinski definition) is 13. The van der Waals surface area contributed by atoms with Gasteiger partial charge >= 0.3 is 0 Å². The number of fused-ring (bicyclic) bond motifs is 7. The Bertz CT molecular complexity index is 1350. The lowest BCUT2D eigenvalue weighted by Crippen LogP contribution is -2.64. The van der Waals surface area contributed by atoms with Crippen molar-refractivity contribution in [3.05, 3.63) is 11.6 Å². The van der Waals surface area contributed by atoms with Crippen molar-refractivity contribution in [1.82, 2.24) is 0 Å². The van der Waals surface area contributed by atoms with Crippen LogP contribution in [0.4, 0.5) is 0 Å². The lowest BCUT2D eigenvalue weighted by molar-refractivity contribution is -0.369. The molecule has 13 nitrogen and oxygen atoms in total. The van der Waals surface area contributed by atoms with Crippen LogP contribution in [0.2, 0.25) is 0 Å². The van der Waals surface area contributed by atoms with Gasteiger partial charge in [-0.05, 0) is 87.4 Å². The quantitative estimate of drug-likeness (QED) is 0.201. The molecule has 0 unspecified atom stereocenters. The van der Waals surface area contributed by atoms with E-state index in [1.54, 1.807) is 0 Å². The van der Waals surface area contributed by atoms with E-state index in [4.69, 9.17) is 28.4 Å². The number of hydrogen-bond donors (Lipinski definition) is 7. The van der Waals surface area contributed by atoms with Crippen molar-refractivity contribution in [3.8, 4) is 0 Å². The monoisotopic (exact) mass is 738 g/mol. The van der Waals surface area contributed by atoms with Gasteiger partial charge in [-0.1, -0.05) is 39.3 Å². The van der Waals surface area contributed by atoms with Crippen molar-refractivity contribution in [2.75, 3.05) is 13.2 Å². The number of allylic oxidation sites excluding steroid dienone is 1. The summed E-state index contributed by atoms with van der Waals surface area (Å²) in [6.45, 7) is 10.7. The van der Waals surface area contributed by atoms with Crippen molar-refractivity contribution in [2.45, 2.75) is 177 Å². The molecule has 1 spiro atoms. The maximum Gasteiger partial charge on any atom is 0.187 e. The van der Waals surface area contributed by atoms with E-state index in [0.717, 1.165) is 44.9 Å².